The number of nitriles is 1. The summed E-state index contributed by atoms with van der Waals surface area (Å²) in [5, 5.41) is 13.5. The first-order valence-corrected chi connectivity index (χ1v) is 10.7. The molecule has 1 amide bonds. The third kappa shape index (κ3) is 3.95. The predicted molar refractivity (Wildman–Crippen MR) is 115 cm³/mol. The third-order valence-corrected chi connectivity index (χ3v) is 6.11. The topological polar surface area (TPSA) is 83.5 Å². The summed E-state index contributed by atoms with van der Waals surface area (Å²) in [6.07, 6.45) is 2.40. The van der Waals surface area contributed by atoms with Crippen LogP contribution in [0.15, 0.2) is 34.9 Å². The van der Waals surface area contributed by atoms with Crippen LogP contribution in [0.5, 0.6) is 0 Å². The van der Waals surface area contributed by atoms with Crippen LogP contribution in [0.4, 0.5) is 0 Å². The van der Waals surface area contributed by atoms with Crippen molar-refractivity contribution >= 4 is 27.5 Å². The summed E-state index contributed by atoms with van der Waals surface area (Å²) in [5.41, 5.74) is 4.84. The number of nitrogens with zero attached hydrogens (tertiary/aromatic N) is 5. The first kappa shape index (κ1) is 20.5. The van der Waals surface area contributed by atoms with Crippen molar-refractivity contribution in [2.75, 3.05) is 19.7 Å². The molecule has 1 aliphatic heterocycles. The number of benzene rings is 1. The standard InChI is InChI=1S/C22H22BrN5O2/c1-14-19(15(2)28-22(26-14)17(11-24)12-25-28)7-8-21(29)27-9-10-30-20(13-27)16-3-5-18(23)6-4-16/h3-6,12,20H,7-10,13H2,1-2H3. The predicted octanol–water partition coefficient (Wildman–Crippen LogP) is 3.51. The van der Waals surface area contributed by atoms with Crippen molar-refractivity contribution in [2.24, 2.45) is 0 Å². The lowest BCUT2D eigenvalue weighted by Crippen LogP contribution is -2.42. The second kappa shape index (κ2) is 8.54. The number of fused-ring (bicyclic) bond motifs is 1. The van der Waals surface area contributed by atoms with Crippen LogP contribution in [-0.2, 0) is 16.0 Å². The maximum Gasteiger partial charge on any atom is 0.223 e. The maximum atomic E-state index is 12.9. The van der Waals surface area contributed by atoms with E-state index >= 15 is 0 Å². The zero-order valence-corrected chi connectivity index (χ0v) is 18.5. The molecule has 0 spiro atoms. The van der Waals surface area contributed by atoms with Crippen LogP contribution in [0.1, 0.15) is 40.6 Å². The Morgan fingerprint density at radius 3 is 2.83 bits per heavy atom. The number of rotatable bonds is 4. The van der Waals surface area contributed by atoms with Gasteiger partial charge in [0, 0.05) is 28.8 Å². The van der Waals surface area contributed by atoms with Crippen molar-refractivity contribution in [2.45, 2.75) is 32.8 Å². The molecule has 1 fully saturated rings. The van der Waals surface area contributed by atoms with E-state index in [0.29, 0.717) is 43.7 Å². The number of carbonyl (C=O) groups is 1. The van der Waals surface area contributed by atoms with Gasteiger partial charge in [0.15, 0.2) is 5.65 Å². The van der Waals surface area contributed by atoms with Crippen LogP contribution in [0.3, 0.4) is 0 Å². The molecule has 0 aliphatic carbocycles. The molecule has 154 valence electrons. The molecule has 1 saturated heterocycles. The first-order valence-electron chi connectivity index (χ1n) is 9.86. The van der Waals surface area contributed by atoms with Gasteiger partial charge in [-0.3, -0.25) is 4.79 Å². The Hall–Kier alpha value is -2.76. The van der Waals surface area contributed by atoms with Gasteiger partial charge < -0.3 is 9.64 Å². The van der Waals surface area contributed by atoms with E-state index in [2.05, 4.69) is 32.1 Å². The Morgan fingerprint density at radius 1 is 1.33 bits per heavy atom. The molecule has 3 heterocycles. The zero-order valence-electron chi connectivity index (χ0n) is 16.9. The monoisotopic (exact) mass is 467 g/mol. The smallest absolute Gasteiger partial charge is 0.223 e. The Bertz CT molecular complexity index is 1130. The minimum atomic E-state index is -0.106. The lowest BCUT2D eigenvalue weighted by atomic mass is 10.0. The van der Waals surface area contributed by atoms with E-state index in [4.69, 9.17) is 4.74 Å². The second-order valence-corrected chi connectivity index (χ2v) is 8.33. The van der Waals surface area contributed by atoms with E-state index in [1.807, 2.05) is 43.0 Å². The molecule has 7 nitrogen and oxygen atoms in total. The largest absolute Gasteiger partial charge is 0.370 e. The second-order valence-electron chi connectivity index (χ2n) is 7.42. The fraction of sp³-hybridized carbons (Fsp3) is 0.364. The van der Waals surface area contributed by atoms with Crippen molar-refractivity contribution in [3.63, 3.8) is 0 Å². The summed E-state index contributed by atoms with van der Waals surface area (Å²) in [7, 11) is 0. The summed E-state index contributed by atoms with van der Waals surface area (Å²) in [6.45, 7) is 5.56. The molecule has 1 unspecified atom stereocenters. The highest BCUT2D eigenvalue weighted by atomic mass is 79.9. The minimum Gasteiger partial charge on any atom is -0.370 e. The van der Waals surface area contributed by atoms with Gasteiger partial charge in [-0.2, -0.15) is 10.4 Å². The number of halogens is 1. The van der Waals surface area contributed by atoms with Gasteiger partial charge in [0.1, 0.15) is 17.7 Å². The average Bonchev–Trinajstić information content (AvgIpc) is 3.17. The van der Waals surface area contributed by atoms with Crippen molar-refractivity contribution in [3.05, 3.63) is 63.0 Å². The van der Waals surface area contributed by atoms with Crippen LogP contribution in [-0.4, -0.2) is 45.1 Å². The highest BCUT2D eigenvalue weighted by molar-refractivity contribution is 9.10. The SMILES string of the molecule is Cc1nc2c(C#N)cnn2c(C)c1CCC(=O)N1CCOC(c2ccc(Br)cc2)C1. The van der Waals surface area contributed by atoms with Crippen molar-refractivity contribution in [1.82, 2.24) is 19.5 Å². The summed E-state index contributed by atoms with van der Waals surface area (Å²) in [5.74, 6) is 0.109. The van der Waals surface area contributed by atoms with Crippen LogP contribution in [0.2, 0.25) is 0 Å². The number of amides is 1. The molecular formula is C22H22BrN5O2. The fourth-order valence-corrected chi connectivity index (χ4v) is 4.16. The third-order valence-electron chi connectivity index (χ3n) is 5.58. The Kier molecular flexibility index (Phi) is 5.84. The quantitative estimate of drug-likeness (QED) is 0.585. The molecule has 1 aliphatic rings. The van der Waals surface area contributed by atoms with E-state index in [1.54, 1.807) is 4.52 Å². The first-order chi connectivity index (χ1) is 14.5. The van der Waals surface area contributed by atoms with Crippen molar-refractivity contribution in [3.8, 4) is 6.07 Å². The number of ether oxygens (including phenoxy) is 1. The zero-order chi connectivity index (χ0) is 21.3. The van der Waals surface area contributed by atoms with Gasteiger partial charge in [-0.25, -0.2) is 9.50 Å². The lowest BCUT2D eigenvalue weighted by Gasteiger charge is -2.33. The van der Waals surface area contributed by atoms with E-state index in [1.165, 1.54) is 6.20 Å². The number of carbonyl (C=O) groups excluding carboxylic acids is 1. The molecule has 30 heavy (non-hydrogen) atoms. The van der Waals surface area contributed by atoms with Gasteiger partial charge >= 0.3 is 0 Å². The van der Waals surface area contributed by atoms with E-state index in [9.17, 15) is 10.1 Å². The molecule has 3 aromatic rings. The molecule has 1 atom stereocenters. The van der Waals surface area contributed by atoms with E-state index in [0.717, 1.165) is 27.0 Å². The number of morpholine rings is 1. The Morgan fingerprint density at radius 2 is 2.10 bits per heavy atom. The normalized spacial score (nSPS) is 16.6. The Labute approximate surface area is 183 Å². The van der Waals surface area contributed by atoms with E-state index < -0.39 is 0 Å². The Balaban J connectivity index is 1.45. The summed E-state index contributed by atoms with van der Waals surface area (Å²) in [6, 6.07) is 10.1. The van der Waals surface area contributed by atoms with Gasteiger partial charge in [0.05, 0.1) is 19.3 Å². The molecule has 0 radical (unpaired) electrons. The maximum absolute atomic E-state index is 12.9. The van der Waals surface area contributed by atoms with Crippen LogP contribution in [0, 0.1) is 25.2 Å². The van der Waals surface area contributed by atoms with Gasteiger partial charge in [-0.1, -0.05) is 28.1 Å². The molecule has 8 heteroatoms. The number of hydrogen-bond acceptors (Lipinski definition) is 5. The summed E-state index contributed by atoms with van der Waals surface area (Å²) in [4.78, 5) is 19.3. The molecule has 0 N–H and O–H groups in total. The molecule has 0 saturated carbocycles. The van der Waals surface area contributed by atoms with E-state index in [-0.39, 0.29) is 12.0 Å². The highest BCUT2D eigenvalue weighted by Gasteiger charge is 2.25. The number of hydrogen-bond donors (Lipinski definition) is 0. The number of aryl methyl sites for hydroxylation is 2. The highest BCUT2D eigenvalue weighted by Crippen LogP contribution is 2.25. The molecule has 1 aromatic carbocycles. The average molecular weight is 468 g/mol. The molecule has 0 bridgehead atoms. The lowest BCUT2D eigenvalue weighted by molar-refractivity contribution is -0.139. The van der Waals surface area contributed by atoms with Crippen LogP contribution >= 0.6 is 15.9 Å². The van der Waals surface area contributed by atoms with Gasteiger partial charge in [0.25, 0.3) is 0 Å². The minimum absolute atomic E-state index is 0.106. The number of aromatic nitrogens is 3. The van der Waals surface area contributed by atoms with Crippen molar-refractivity contribution in [1.29, 1.82) is 5.26 Å². The molecular weight excluding hydrogens is 446 g/mol. The fourth-order valence-electron chi connectivity index (χ4n) is 3.90. The van der Waals surface area contributed by atoms with Gasteiger partial charge in [-0.15, -0.1) is 0 Å². The van der Waals surface area contributed by atoms with Gasteiger partial charge in [0.2, 0.25) is 5.91 Å². The molecule has 2 aromatic heterocycles. The van der Waals surface area contributed by atoms with Crippen LogP contribution in [0.25, 0.3) is 5.65 Å². The summed E-state index contributed by atoms with van der Waals surface area (Å²) < 4.78 is 8.59. The van der Waals surface area contributed by atoms with Crippen molar-refractivity contribution < 1.29 is 9.53 Å². The molecule has 4 rings (SSSR count). The summed E-state index contributed by atoms with van der Waals surface area (Å²) >= 11 is 3.45. The van der Waals surface area contributed by atoms with Crippen LogP contribution < -0.4 is 0 Å². The van der Waals surface area contributed by atoms with Gasteiger partial charge in [-0.05, 0) is 43.5 Å².